The van der Waals surface area contributed by atoms with E-state index in [0.29, 0.717) is 5.33 Å². The van der Waals surface area contributed by atoms with Crippen LogP contribution in [-0.2, 0) is 0 Å². The molecule has 16 heavy (non-hydrogen) atoms. The first kappa shape index (κ1) is 13.0. The van der Waals surface area contributed by atoms with E-state index < -0.39 is 17.3 Å². The zero-order valence-corrected chi connectivity index (χ0v) is 10.6. The monoisotopic (exact) mass is 289 g/mol. The first-order chi connectivity index (χ1) is 7.35. The van der Waals surface area contributed by atoms with Crippen molar-refractivity contribution in [3.05, 3.63) is 29.6 Å². The molecular formula is C11H13BrFNO2. The van der Waals surface area contributed by atoms with Gasteiger partial charge in [-0.15, -0.1) is 0 Å². The van der Waals surface area contributed by atoms with Gasteiger partial charge in [0.2, 0.25) is 0 Å². The van der Waals surface area contributed by atoms with Crippen molar-refractivity contribution in [1.29, 1.82) is 0 Å². The van der Waals surface area contributed by atoms with Crippen molar-refractivity contribution in [2.24, 2.45) is 0 Å². The summed E-state index contributed by atoms with van der Waals surface area (Å²) in [6, 6.07) is 3.27. The number of phenolic OH excluding ortho intramolecular Hbond substituents is 1. The maximum atomic E-state index is 12.9. The van der Waals surface area contributed by atoms with Gasteiger partial charge in [0, 0.05) is 10.9 Å². The van der Waals surface area contributed by atoms with Crippen molar-refractivity contribution in [3.63, 3.8) is 0 Å². The van der Waals surface area contributed by atoms with Gasteiger partial charge < -0.3 is 10.4 Å². The van der Waals surface area contributed by atoms with Crippen molar-refractivity contribution in [2.45, 2.75) is 19.4 Å². The van der Waals surface area contributed by atoms with Crippen molar-refractivity contribution < 1.29 is 14.3 Å². The van der Waals surface area contributed by atoms with Crippen molar-refractivity contribution in [2.75, 3.05) is 5.33 Å². The van der Waals surface area contributed by atoms with Gasteiger partial charge in [0.25, 0.3) is 5.91 Å². The summed E-state index contributed by atoms with van der Waals surface area (Å²) >= 11 is 3.25. The summed E-state index contributed by atoms with van der Waals surface area (Å²) < 4.78 is 12.9. The SMILES string of the molecule is CC(C)(CBr)NC(=O)c1cc(F)ccc1O. The van der Waals surface area contributed by atoms with Crippen LogP contribution in [0.4, 0.5) is 4.39 Å². The highest BCUT2D eigenvalue weighted by Gasteiger charge is 2.21. The molecule has 1 rings (SSSR count). The minimum Gasteiger partial charge on any atom is -0.507 e. The van der Waals surface area contributed by atoms with E-state index in [2.05, 4.69) is 21.2 Å². The molecule has 0 aliphatic carbocycles. The lowest BCUT2D eigenvalue weighted by Gasteiger charge is -2.23. The molecule has 0 aliphatic rings. The lowest BCUT2D eigenvalue weighted by atomic mass is 10.1. The summed E-state index contributed by atoms with van der Waals surface area (Å²) in [5.74, 6) is -1.29. The van der Waals surface area contributed by atoms with Crippen LogP contribution in [0.1, 0.15) is 24.2 Å². The number of rotatable bonds is 3. The molecule has 0 fully saturated rings. The zero-order valence-electron chi connectivity index (χ0n) is 9.05. The van der Waals surface area contributed by atoms with Crippen LogP contribution < -0.4 is 5.32 Å². The molecule has 0 aliphatic heterocycles. The molecule has 0 saturated carbocycles. The molecule has 0 spiro atoms. The minimum absolute atomic E-state index is 0.0611. The van der Waals surface area contributed by atoms with E-state index >= 15 is 0 Å². The number of hydrogen-bond acceptors (Lipinski definition) is 2. The van der Waals surface area contributed by atoms with Crippen molar-refractivity contribution in [3.8, 4) is 5.75 Å². The molecule has 1 aromatic rings. The summed E-state index contributed by atoms with van der Waals surface area (Å²) in [5, 5.41) is 12.7. The molecule has 1 aromatic carbocycles. The highest BCUT2D eigenvalue weighted by atomic mass is 79.9. The van der Waals surface area contributed by atoms with E-state index in [9.17, 15) is 14.3 Å². The maximum absolute atomic E-state index is 12.9. The van der Waals surface area contributed by atoms with Gasteiger partial charge in [-0.1, -0.05) is 15.9 Å². The quantitative estimate of drug-likeness (QED) is 0.840. The highest BCUT2D eigenvalue weighted by molar-refractivity contribution is 9.09. The van der Waals surface area contributed by atoms with Gasteiger partial charge in [-0.25, -0.2) is 4.39 Å². The van der Waals surface area contributed by atoms with E-state index in [0.717, 1.165) is 18.2 Å². The normalized spacial score (nSPS) is 11.2. The summed E-state index contributed by atoms with van der Waals surface area (Å²) in [4.78, 5) is 11.7. The van der Waals surface area contributed by atoms with E-state index in [4.69, 9.17) is 0 Å². The van der Waals surface area contributed by atoms with Gasteiger partial charge in [0.05, 0.1) is 5.56 Å². The number of carbonyl (C=O) groups is 1. The van der Waals surface area contributed by atoms with Crippen LogP contribution >= 0.6 is 15.9 Å². The maximum Gasteiger partial charge on any atom is 0.255 e. The Morgan fingerprint density at radius 1 is 1.56 bits per heavy atom. The molecule has 1 amide bonds. The lowest BCUT2D eigenvalue weighted by Crippen LogP contribution is -2.44. The van der Waals surface area contributed by atoms with Crippen molar-refractivity contribution >= 4 is 21.8 Å². The van der Waals surface area contributed by atoms with Crippen LogP contribution in [-0.4, -0.2) is 21.9 Å². The fourth-order valence-electron chi connectivity index (χ4n) is 1.10. The van der Waals surface area contributed by atoms with Gasteiger partial charge in [-0.05, 0) is 32.0 Å². The number of carbonyl (C=O) groups excluding carboxylic acids is 1. The first-order valence-corrected chi connectivity index (χ1v) is 5.85. The zero-order chi connectivity index (χ0) is 12.3. The average Bonchev–Trinajstić information content (AvgIpc) is 2.21. The second-order valence-corrected chi connectivity index (χ2v) is 4.69. The molecule has 0 radical (unpaired) electrons. The molecule has 0 saturated heterocycles. The largest absolute Gasteiger partial charge is 0.507 e. The third kappa shape index (κ3) is 3.20. The molecule has 0 atom stereocenters. The second kappa shape index (κ2) is 4.82. The van der Waals surface area contributed by atoms with Gasteiger partial charge in [-0.2, -0.15) is 0 Å². The van der Waals surface area contributed by atoms with Crippen molar-refractivity contribution in [1.82, 2.24) is 5.32 Å². The van der Waals surface area contributed by atoms with Gasteiger partial charge in [0.15, 0.2) is 0 Å². The summed E-state index contributed by atoms with van der Waals surface area (Å²) in [7, 11) is 0. The first-order valence-electron chi connectivity index (χ1n) is 4.73. The fraction of sp³-hybridized carbons (Fsp3) is 0.364. The number of aromatic hydroxyl groups is 1. The predicted octanol–water partition coefficient (Wildman–Crippen LogP) is 2.43. The Labute approximate surface area is 102 Å². The summed E-state index contributed by atoms with van der Waals surface area (Å²) in [6.45, 7) is 3.63. The Morgan fingerprint density at radius 3 is 2.75 bits per heavy atom. The number of nitrogens with one attached hydrogen (secondary N) is 1. The molecule has 0 bridgehead atoms. The van der Waals surface area contributed by atoms with Crippen LogP contribution in [0.3, 0.4) is 0 Å². The van der Waals surface area contributed by atoms with E-state index in [1.807, 2.05) is 13.8 Å². The molecular weight excluding hydrogens is 277 g/mol. The van der Waals surface area contributed by atoms with Gasteiger partial charge >= 0.3 is 0 Å². The Hall–Kier alpha value is -1.10. The molecule has 2 N–H and O–H groups in total. The average molecular weight is 290 g/mol. The van der Waals surface area contributed by atoms with Crippen LogP contribution in [0.2, 0.25) is 0 Å². The van der Waals surface area contributed by atoms with Crippen LogP contribution in [0, 0.1) is 5.82 Å². The lowest BCUT2D eigenvalue weighted by molar-refractivity contribution is 0.0918. The molecule has 88 valence electrons. The van der Waals surface area contributed by atoms with E-state index in [1.54, 1.807) is 0 Å². The predicted molar refractivity (Wildman–Crippen MR) is 63.4 cm³/mol. The number of amides is 1. The Kier molecular flexibility index (Phi) is 3.91. The third-order valence-corrected chi connectivity index (χ3v) is 3.39. The number of phenols is 1. The topological polar surface area (TPSA) is 49.3 Å². The van der Waals surface area contributed by atoms with Gasteiger partial charge in [-0.3, -0.25) is 4.79 Å². The Balaban J connectivity index is 2.93. The van der Waals surface area contributed by atoms with E-state index in [1.165, 1.54) is 0 Å². The molecule has 3 nitrogen and oxygen atoms in total. The molecule has 0 heterocycles. The molecule has 5 heteroatoms. The van der Waals surface area contributed by atoms with Crippen LogP contribution in [0.15, 0.2) is 18.2 Å². The smallest absolute Gasteiger partial charge is 0.255 e. The fourth-order valence-corrected chi connectivity index (χ4v) is 1.24. The molecule has 0 aromatic heterocycles. The van der Waals surface area contributed by atoms with Gasteiger partial charge in [0.1, 0.15) is 11.6 Å². The third-order valence-electron chi connectivity index (χ3n) is 1.99. The number of alkyl halides is 1. The Morgan fingerprint density at radius 2 is 2.19 bits per heavy atom. The van der Waals surface area contributed by atoms with E-state index in [-0.39, 0.29) is 11.3 Å². The highest BCUT2D eigenvalue weighted by Crippen LogP contribution is 2.19. The number of benzene rings is 1. The summed E-state index contributed by atoms with van der Waals surface area (Å²) in [5.41, 5.74) is -0.524. The minimum atomic E-state index is -0.556. The molecule has 0 unspecified atom stereocenters. The summed E-state index contributed by atoms with van der Waals surface area (Å²) in [6.07, 6.45) is 0. The second-order valence-electron chi connectivity index (χ2n) is 4.13. The van der Waals surface area contributed by atoms with Crippen LogP contribution in [0.25, 0.3) is 0 Å². The Bertz CT molecular complexity index is 407. The number of hydrogen-bond donors (Lipinski definition) is 2. The van der Waals surface area contributed by atoms with Crippen LogP contribution in [0.5, 0.6) is 5.75 Å². The standard InChI is InChI=1S/C11H13BrFNO2/c1-11(2,6-12)14-10(16)8-5-7(13)3-4-9(8)15/h3-5,15H,6H2,1-2H3,(H,14,16). The number of halogens is 2.